The summed E-state index contributed by atoms with van der Waals surface area (Å²) in [6.07, 6.45) is 1.84. The highest BCUT2D eigenvalue weighted by atomic mass is 32.2. The fourth-order valence-electron chi connectivity index (χ4n) is 1.89. The maximum absolute atomic E-state index is 11.3. The summed E-state index contributed by atoms with van der Waals surface area (Å²) in [6.45, 7) is 0.472. The van der Waals surface area contributed by atoms with E-state index in [1.165, 1.54) is 0 Å². The van der Waals surface area contributed by atoms with Crippen molar-refractivity contribution in [3.63, 3.8) is 0 Å². The van der Waals surface area contributed by atoms with Crippen LogP contribution in [0.1, 0.15) is 18.1 Å². The molecule has 7 heteroatoms. The number of nitrogens with two attached hydrogens (primary N) is 1. The summed E-state index contributed by atoms with van der Waals surface area (Å²) < 4.78 is 27.5. The van der Waals surface area contributed by atoms with E-state index in [0.29, 0.717) is 37.5 Å². The van der Waals surface area contributed by atoms with E-state index in [1.807, 2.05) is 0 Å². The molecule has 6 nitrogen and oxygen atoms in total. The largest absolute Gasteiger partial charge is 0.339 e. The number of hydrogen-bond donors (Lipinski definition) is 1. The van der Waals surface area contributed by atoms with E-state index in [4.69, 9.17) is 10.3 Å². The monoisotopic (exact) mass is 245 g/mol. The molecule has 0 radical (unpaired) electrons. The lowest BCUT2D eigenvalue weighted by Crippen LogP contribution is -2.08. The van der Waals surface area contributed by atoms with Crippen LogP contribution in [0.2, 0.25) is 0 Å². The van der Waals surface area contributed by atoms with Crippen molar-refractivity contribution in [2.24, 2.45) is 11.7 Å². The number of nitrogens with zero attached hydrogens (tertiary/aromatic N) is 2. The van der Waals surface area contributed by atoms with E-state index < -0.39 is 9.84 Å². The molecule has 0 aliphatic carbocycles. The summed E-state index contributed by atoms with van der Waals surface area (Å²) in [4.78, 5) is 4.16. The first kappa shape index (κ1) is 11.5. The zero-order valence-corrected chi connectivity index (χ0v) is 9.74. The molecular weight excluding hydrogens is 230 g/mol. The number of rotatable bonds is 4. The molecule has 1 aliphatic rings. The van der Waals surface area contributed by atoms with Gasteiger partial charge in [-0.15, -0.1) is 0 Å². The lowest BCUT2D eigenvalue weighted by atomic mass is 10.1. The van der Waals surface area contributed by atoms with Crippen LogP contribution < -0.4 is 5.73 Å². The Morgan fingerprint density at radius 2 is 2.31 bits per heavy atom. The van der Waals surface area contributed by atoms with E-state index in [9.17, 15) is 8.42 Å². The van der Waals surface area contributed by atoms with Gasteiger partial charge in [0.1, 0.15) is 0 Å². The topological polar surface area (TPSA) is 99.1 Å². The molecule has 90 valence electrons. The minimum absolute atomic E-state index is 0.133. The third-order valence-electron chi connectivity index (χ3n) is 2.67. The van der Waals surface area contributed by atoms with Gasteiger partial charge in [0.05, 0.1) is 11.5 Å². The predicted octanol–water partition coefficient (Wildman–Crippen LogP) is -0.452. The summed E-state index contributed by atoms with van der Waals surface area (Å²) in [5, 5.41) is 3.81. The van der Waals surface area contributed by atoms with Crippen LogP contribution in [0.15, 0.2) is 4.52 Å². The average Bonchev–Trinajstić information content (AvgIpc) is 2.75. The molecule has 0 aromatic carbocycles. The molecule has 16 heavy (non-hydrogen) atoms. The third-order valence-corrected chi connectivity index (χ3v) is 4.50. The molecule has 1 aromatic rings. The minimum Gasteiger partial charge on any atom is -0.339 e. The molecule has 1 atom stereocenters. The molecule has 2 heterocycles. The van der Waals surface area contributed by atoms with E-state index in [2.05, 4.69) is 10.1 Å². The Balaban J connectivity index is 1.94. The zero-order valence-electron chi connectivity index (χ0n) is 8.92. The Hall–Kier alpha value is -0.950. The van der Waals surface area contributed by atoms with Gasteiger partial charge in [-0.1, -0.05) is 5.16 Å². The van der Waals surface area contributed by atoms with Gasteiger partial charge in [-0.05, 0) is 12.3 Å². The smallest absolute Gasteiger partial charge is 0.227 e. The molecule has 1 saturated heterocycles. The highest BCUT2D eigenvalue weighted by molar-refractivity contribution is 7.91. The molecule has 1 fully saturated rings. The Labute approximate surface area is 94.1 Å². The van der Waals surface area contributed by atoms with Crippen LogP contribution >= 0.6 is 0 Å². The van der Waals surface area contributed by atoms with Crippen molar-refractivity contribution in [2.75, 3.05) is 18.1 Å². The normalized spacial score (nSPS) is 23.7. The highest BCUT2D eigenvalue weighted by Gasteiger charge is 2.29. The quantitative estimate of drug-likeness (QED) is 0.771. The lowest BCUT2D eigenvalue weighted by Gasteiger charge is -2.01. The van der Waals surface area contributed by atoms with Gasteiger partial charge in [-0.2, -0.15) is 4.98 Å². The molecule has 0 bridgehead atoms. The molecule has 0 spiro atoms. The van der Waals surface area contributed by atoms with E-state index >= 15 is 0 Å². The lowest BCUT2D eigenvalue weighted by molar-refractivity contribution is 0.371. The van der Waals surface area contributed by atoms with Crippen molar-refractivity contribution < 1.29 is 12.9 Å². The van der Waals surface area contributed by atoms with E-state index in [0.717, 1.165) is 0 Å². The van der Waals surface area contributed by atoms with Crippen LogP contribution in [0.3, 0.4) is 0 Å². The molecule has 2 rings (SSSR count). The fourth-order valence-corrected chi connectivity index (χ4v) is 3.75. The van der Waals surface area contributed by atoms with Gasteiger partial charge < -0.3 is 10.3 Å². The van der Waals surface area contributed by atoms with Crippen LogP contribution in [0, 0.1) is 5.92 Å². The predicted molar refractivity (Wildman–Crippen MR) is 57.5 cm³/mol. The third kappa shape index (κ3) is 2.79. The van der Waals surface area contributed by atoms with Crippen LogP contribution in [0.5, 0.6) is 0 Å². The maximum Gasteiger partial charge on any atom is 0.227 e. The van der Waals surface area contributed by atoms with E-state index in [1.54, 1.807) is 0 Å². The Bertz CT molecular complexity index is 454. The summed E-state index contributed by atoms with van der Waals surface area (Å²) >= 11 is 0. The van der Waals surface area contributed by atoms with Crippen LogP contribution in [0.25, 0.3) is 0 Å². The number of sulfone groups is 1. The van der Waals surface area contributed by atoms with Gasteiger partial charge >= 0.3 is 0 Å². The van der Waals surface area contributed by atoms with Gasteiger partial charge in [0.25, 0.3) is 0 Å². The van der Waals surface area contributed by atoms with Crippen LogP contribution in [-0.2, 0) is 22.7 Å². The van der Waals surface area contributed by atoms with E-state index in [-0.39, 0.29) is 17.4 Å². The standard InChI is InChI=1S/C9H15N3O3S/c10-3-1-9-11-8(12-15-9)5-7-2-4-16(13,14)6-7/h7H,1-6,10H2. The Morgan fingerprint density at radius 1 is 1.50 bits per heavy atom. The van der Waals surface area contributed by atoms with Crippen molar-refractivity contribution in [3.05, 3.63) is 11.7 Å². The van der Waals surface area contributed by atoms with Gasteiger partial charge in [0.2, 0.25) is 5.89 Å². The Morgan fingerprint density at radius 3 is 2.94 bits per heavy atom. The molecule has 1 aliphatic heterocycles. The van der Waals surface area contributed by atoms with Gasteiger partial charge in [0.15, 0.2) is 15.7 Å². The van der Waals surface area contributed by atoms with Crippen LogP contribution in [-0.4, -0.2) is 36.6 Å². The highest BCUT2D eigenvalue weighted by Crippen LogP contribution is 2.21. The second-order valence-corrected chi connectivity index (χ2v) is 6.34. The van der Waals surface area contributed by atoms with Crippen molar-refractivity contribution in [3.8, 4) is 0 Å². The SMILES string of the molecule is NCCc1nc(CC2CCS(=O)(=O)C2)no1. The summed E-state index contributed by atoms with van der Waals surface area (Å²) in [5.41, 5.74) is 5.36. The van der Waals surface area contributed by atoms with Gasteiger partial charge in [0, 0.05) is 19.4 Å². The van der Waals surface area contributed by atoms with Gasteiger partial charge in [-0.3, -0.25) is 0 Å². The summed E-state index contributed by atoms with van der Waals surface area (Å²) in [6, 6.07) is 0. The second-order valence-electron chi connectivity index (χ2n) is 4.12. The van der Waals surface area contributed by atoms with Crippen molar-refractivity contribution in [1.82, 2.24) is 10.1 Å². The first-order chi connectivity index (χ1) is 7.59. The number of hydrogen-bond acceptors (Lipinski definition) is 6. The molecule has 2 N–H and O–H groups in total. The van der Waals surface area contributed by atoms with Crippen molar-refractivity contribution in [2.45, 2.75) is 19.3 Å². The minimum atomic E-state index is -2.83. The molecule has 0 amide bonds. The molecule has 0 saturated carbocycles. The zero-order chi connectivity index (χ0) is 11.6. The second kappa shape index (κ2) is 4.50. The van der Waals surface area contributed by atoms with Gasteiger partial charge in [-0.25, -0.2) is 8.42 Å². The molecular formula is C9H15N3O3S. The molecule has 1 aromatic heterocycles. The first-order valence-electron chi connectivity index (χ1n) is 5.31. The number of aromatic nitrogens is 2. The summed E-state index contributed by atoms with van der Waals surface area (Å²) in [7, 11) is -2.83. The Kier molecular flexibility index (Phi) is 3.25. The van der Waals surface area contributed by atoms with Crippen LogP contribution in [0.4, 0.5) is 0 Å². The average molecular weight is 245 g/mol. The fraction of sp³-hybridized carbons (Fsp3) is 0.778. The van der Waals surface area contributed by atoms with Crippen molar-refractivity contribution >= 4 is 9.84 Å². The van der Waals surface area contributed by atoms with Crippen molar-refractivity contribution in [1.29, 1.82) is 0 Å². The first-order valence-corrected chi connectivity index (χ1v) is 7.13. The maximum atomic E-state index is 11.3. The summed E-state index contributed by atoms with van der Waals surface area (Å²) in [5.74, 6) is 1.77. The molecule has 1 unspecified atom stereocenters.